The van der Waals surface area contributed by atoms with Gasteiger partial charge in [-0.15, -0.1) is 11.3 Å². The Bertz CT molecular complexity index is 919. The quantitative estimate of drug-likeness (QED) is 0.593. The Kier molecular flexibility index (Phi) is 8.50. The van der Waals surface area contributed by atoms with E-state index in [2.05, 4.69) is 5.32 Å². The molecular formula is C24H32FN3O3S. The molecule has 0 spiro atoms. The lowest BCUT2D eigenvalue weighted by Gasteiger charge is -2.38. The second-order valence-electron chi connectivity index (χ2n) is 8.04. The van der Waals surface area contributed by atoms with Crippen LogP contribution in [0.4, 0.5) is 9.18 Å². The Morgan fingerprint density at radius 3 is 2.88 bits per heavy atom. The van der Waals surface area contributed by atoms with E-state index >= 15 is 0 Å². The number of carbonyl (C=O) groups excluding carboxylic acids is 2. The number of urea groups is 1. The molecule has 0 unspecified atom stereocenters. The summed E-state index contributed by atoms with van der Waals surface area (Å²) in [7, 11) is 0. The first-order chi connectivity index (χ1) is 15.4. The molecular weight excluding hydrogens is 429 g/mol. The summed E-state index contributed by atoms with van der Waals surface area (Å²) >= 11 is 1.68. The molecule has 2 heterocycles. The third-order valence-corrected chi connectivity index (χ3v) is 6.83. The number of nitrogens with one attached hydrogen (secondary N) is 1. The van der Waals surface area contributed by atoms with E-state index in [1.54, 1.807) is 33.3 Å². The second-order valence-corrected chi connectivity index (χ2v) is 9.04. The number of benzene rings is 1. The maximum absolute atomic E-state index is 13.6. The number of fused-ring (bicyclic) bond motifs is 1. The molecule has 1 aromatic heterocycles. The first kappa shape index (κ1) is 24.0. The molecule has 1 aliphatic rings. The van der Waals surface area contributed by atoms with Crippen LogP contribution in [0.1, 0.15) is 50.1 Å². The van der Waals surface area contributed by atoms with E-state index < -0.39 is 0 Å². The smallest absolute Gasteiger partial charge is 0.318 e. The predicted octanol–water partition coefficient (Wildman–Crippen LogP) is 4.61. The van der Waals surface area contributed by atoms with E-state index in [0.29, 0.717) is 18.8 Å². The molecule has 1 N–H and O–H groups in total. The zero-order chi connectivity index (χ0) is 23.1. The lowest BCUT2D eigenvalue weighted by molar-refractivity contribution is -0.135. The Labute approximate surface area is 193 Å². The number of thiophene rings is 1. The average Bonchev–Trinajstić information content (AvgIpc) is 3.28. The van der Waals surface area contributed by atoms with Crippen LogP contribution in [0.5, 0.6) is 5.75 Å². The molecule has 0 radical (unpaired) electrons. The van der Waals surface area contributed by atoms with Crippen molar-refractivity contribution in [2.24, 2.45) is 0 Å². The molecule has 174 valence electrons. The van der Waals surface area contributed by atoms with Gasteiger partial charge in [0.2, 0.25) is 5.91 Å². The summed E-state index contributed by atoms with van der Waals surface area (Å²) in [5.41, 5.74) is 1.07. The van der Waals surface area contributed by atoms with Crippen LogP contribution < -0.4 is 10.1 Å². The minimum Gasteiger partial charge on any atom is -0.491 e. The standard InChI is InChI=1S/C24H32FN3O3S/c1-4-11-26-24(30)28(17(3)5-2)15-23(29)27-12-9-22-20(10-13-32-22)21(27)16-31-19-8-6-7-18(25)14-19/h6-8,10,13-14,17,21H,4-5,9,11-12,15-16H2,1-3H3,(H,26,30)/t17-,21+/m1/s1. The molecule has 2 atom stereocenters. The zero-order valence-electron chi connectivity index (χ0n) is 19.0. The van der Waals surface area contributed by atoms with Gasteiger partial charge in [0.05, 0.1) is 6.04 Å². The maximum atomic E-state index is 13.6. The fraction of sp³-hybridized carbons (Fsp3) is 0.500. The van der Waals surface area contributed by atoms with Crippen molar-refractivity contribution in [1.29, 1.82) is 0 Å². The van der Waals surface area contributed by atoms with Crippen molar-refractivity contribution in [3.63, 3.8) is 0 Å². The van der Waals surface area contributed by atoms with E-state index in [0.717, 1.165) is 24.8 Å². The summed E-state index contributed by atoms with van der Waals surface area (Å²) in [6, 6.07) is 7.49. The van der Waals surface area contributed by atoms with Crippen molar-refractivity contribution in [3.8, 4) is 5.75 Å². The van der Waals surface area contributed by atoms with Crippen molar-refractivity contribution in [1.82, 2.24) is 15.1 Å². The molecule has 1 aliphatic heterocycles. The fourth-order valence-corrected chi connectivity index (χ4v) is 4.75. The number of ether oxygens (including phenoxy) is 1. The van der Waals surface area contributed by atoms with Crippen LogP contribution in [0.15, 0.2) is 35.7 Å². The highest BCUT2D eigenvalue weighted by Gasteiger charge is 2.34. The number of nitrogens with zero attached hydrogens (tertiary/aromatic N) is 2. The molecule has 0 saturated heterocycles. The van der Waals surface area contributed by atoms with Crippen molar-refractivity contribution in [2.45, 2.75) is 52.1 Å². The summed E-state index contributed by atoms with van der Waals surface area (Å²) in [4.78, 5) is 30.8. The van der Waals surface area contributed by atoms with Crippen LogP contribution in [0.25, 0.3) is 0 Å². The Morgan fingerprint density at radius 2 is 2.16 bits per heavy atom. The monoisotopic (exact) mass is 461 g/mol. The highest BCUT2D eigenvalue weighted by atomic mass is 32.1. The number of amides is 3. The lowest BCUT2D eigenvalue weighted by Crippen LogP contribution is -2.52. The van der Waals surface area contributed by atoms with Gasteiger partial charge in [-0.2, -0.15) is 0 Å². The molecule has 0 aliphatic carbocycles. The normalized spacial score (nSPS) is 16.2. The van der Waals surface area contributed by atoms with Gasteiger partial charge in [-0.1, -0.05) is 19.9 Å². The van der Waals surface area contributed by atoms with E-state index in [1.165, 1.54) is 17.0 Å². The van der Waals surface area contributed by atoms with Crippen molar-refractivity contribution in [3.05, 3.63) is 52.0 Å². The Morgan fingerprint density at radius 1 is 1.34 bits per heavy atom. The highest BCUT2D eigenvalue weighted by molar-refractivity contribution is 7.10. The van der Waals surface area contributed by atoms with E-state index in [-0.39, 0.29) is 43.0 Å². The number of hydrogen-bond acceptors (Lipinski definition) is 4. The third kappa shape index (κ3) is 5.79. The second kappa shape index (κ2) is 11.3. The molecule has 0 bridgehead atoms. The van der Waals surface area contributed by atoms with Crippen LogP contribution >= 0.6 is 11.3 Å². The average molecular weight is 462 g/mol. The number of rotatable bonds is 9. The van der Waals surface area contributed by atoms with Crippen LogP contribution in [0, 0.1) is 5.82 Å². The lowest BCUT2D eigenvalue weighted by atomic mass is 10.00. The highest BCUT2D eigenvalue weighted by Crippen LogP contribution is 2.34. The van der Waals surface area contributed by atoms with Gasteiger partial charge in [0.15, 0.2) is 0 Å². The Hall–Kier alpha value is -2.61. The van der Waals surface area contributed by atoms with Gasteiger partial charge < -0.3 is 19.9 Å². The van der Waals surface area contributed by atoms with E-state index in [9.17, 15) is 14.0 Å². The van der Waals surface area contributed by atoms with E-state index in [1.807, 2.05) is 32.2 Å². The molecule has 2 aromatic rings. The predicted molar refractivity (Wildman–Crippen MR) is 125 cm³/mol. The molecule has 6 nitrogen and oxygen atoms in total. The largest absolute Gasteiger partial charge is 0.491 e. The summed E-state index contributed by atoms with van der Waals surface area (Å²) in [6.45, 7) is 7.33. The van der Waals surface area contributed by atoms with Gasteiger partial charge in [0, 0.05) is 30.1 Å². The van der Waals surface area contributed by atoms with Gasteiger partial charge in [-0.05, 0) is 55.3 Å². The van der Waals surface area contributed by atoms with E-state index in [4.69, 9.17) is 4.74 Å². The van der Waals surface area contributed by atoms with Crippen molar-refractivity contribution >= 4 is 23.3 Å². The van der Waals surface area contributed by atoms with Crippen molar-refractivity contribution in [2.75, 3.05) is 26.2 Å². The van der Waals surface area contributed by atoms with Crippen molar-refractivity contribution < 1.29 is 18.7 Å². The minimum absolute atomic E-state index is 0.0144. The van der Waals surface area contributed by atoms with Gasteiger partial charge in [-0.25, -0.2) is 9.18 Å². The molecule has 0 saturated carbocycles. The zero-order valence-corrected chi connectivity index (χ0v) is 19.8. The molecule has 1 aromatic carbocycles. The Balaban J connectivity index is 1.76. The fourth-order valence-electron chi connectivity index (χ4n) is 3.82. The van der Waals surface area contributed by atoms with Crippen LogP contribution in [0.2, 0.25) is 0 Å². The topological polar surface area (TPSA) is 61.9 Å². The van der Waals surface area contributed by atoms with Gasteiger partial charge in [-0.3, -0.25) is 4.79 Å². The summed E-state index contributed by atoms with van der Waals surface area (Å²) in [6.07, 6.45) is 2.37. The SMILES string of the molecule is CCCNC(=O)N(CC(=O)N1CCc2sccc2[C@@H]1COc1cccc(F)c1)[C@H](C)CC. The molecule has 0 fully saturated rings. The maximum Gasteiger partial charge on any atom is 0.318 e. The van der Waals surface area contributed by atoms with Gasteiger partial charge >= 0.3 is 6.03 Å². The third-order valence-electron chi connectivity index (χ3n) is 5.83. The van der Waals surface area contributed by atoms with Gasteiger partial charge in [0.25, 0.3) is 0 Å². The first-order valence-corrected chi connectivity index (χ1v) is 12.1. The number of hydrogen-bond donors (Lipinski definition) is 1. The summed E-state index contributed by atoms with van der Waals surface area (Å²) in [5.74, 6) is -0.0425. The summed E-state index contributed by atoms with van der Waals surface area (Å²) in [5, 5.41) is 4.91. The number of carbonyl (C=O) groups is 2. The molecule has 8 heteroatoms. The van der Waals surface area contributed by atoms with Crippen LogP contribution in [0.3, 0.4) is 0 Å². The summed E-state index contributed by atoms with van der Waals surface area (Å²) < 4.78 is 19.4. The molecule has 3 amide bonds. The van der Waals surface area contributed by atoms with Gasteiger partial charge in [0.1, 0.15) is 24.7 Å². The molecule has 32 heavy (non-hydrogen) atoms. The van der Waals surface area contributed by atoms with Crippen LogP contribution in [-0.4, -0.2) is 54.0 Å². The molecule has 3 rings (SSSR count). The number of halogens is 1. The first-order valence-electron chi connectivity index (χ1n) is 11.2. The minimum atomic E-state index is -0.363. The van der Waals surface area contributed by atoms with Crippen LogP contribution in [-0.2, 0) is 11.2 Å².